The first-order valence-electron chi connectivity index (χ1n) is 7.59. The Kier molecular flexibility index (Phi) is 2.80. The minimum Gasteiger partial charge on any atom is -0.334 e. The molecule has 1 aromatic carbocycles. The van der Waals surface area contributed by atoms with Crippen molar-refractivity contribution < 1.29 is 4.52 Å². The van der Waals surface area contributed by atoms with Crippen LogP contribution < -0.4 is 5.69 Å². The van der Waals surface area contributed by atoms with E-state index in [9.17, 15) is 4.79 Å². The third kappa shape index (κ3) is 2.13. The highest BCUT2D eigenvalue weighted by atomic mass is 16.5. The van der Waals surface area contributed by atoms with Crippen molar-refractivity contribution in [2.75, 3.05) is 0 Å². The molecular formula is C16H11N7O2. The zero-order chi connectivity index (χ0) is 16.8. The molecule has 0 fully saturated rings. The molecule has 5 aromatic rings. The van der Waals surface area contributed by atoms with Gasteiger partial charge in [-0.1, -0.05) is 17.3 Å². The zero-order valence-electron chi connectivity index (χ0n) is 12.8. The maximum absolute atomic E-state index is 12.3. The molecule has 4 aromatic heterocycles. The van der Waals surface area contributed by atoms with Crippen molar-refractivity contribution in [3.05, 3.63) is 65.1 Å². The molecule has 0 unspecified atom stereocenters. The second kappa shape index (κ2) is 5.13. The number of nitrogens with zero attached hydrogens (tertiary/aromatic N) is 6. The molecule has 5 rings (SSSR count). The molecule has 0 aliphatic rings. The summed E-state index contributed by atoms with van der Waals surface area (Å²) < 4.78 is 8.14. The van der Waals surface area contributed by atoms with Crippen molar-refractivity contribution in [3.63, 3.8) is 0 Å². The molecule has 0 spiro atoms. The van der Waals surface area contributed by atoms with E-state index in [2.05, 4.69) is 25.4 Å². The lowest BCUT2D eigenvalue weighted by Crippen LogP contribution is -2.22. The first kappa shape index (κ1) is 13.7. The van der Waals surface area contributed by atoms with Gasteiger partial charge in [-0.25, -0.2) is 9.48 Å². The highest BCUT2D eigenvalue weighted by Crippen LogP contribution is 2.25. The maximum atomic E-state index is 12.3. The third-order valence-electron chi connectivity index (χ3n) is 3.96. The molecule has 25 heavy (non-hydrogen) atoms. The monoisotopic (exact) mass is 333 g/mol. The van der Waals surface area contributed by atoms with Crippen LogP contribution in [-0.4, -0.2) is 34.5 Å². The van der Waals surface area contributed by atoms with Crippen LogP contribution in [0.5, 0.6) is 0 Å². The Balaban J connectivity index is 1.53. The number of aromatic nitrogens is 7. The molecule has 1 N–H and O–H groups in total. The molecule has 9 nitrogen and oxygen atoms in total. The van der Waals surface area contributed by atoms with Gasteiger partial charge in [-0.3, -0.25) is 9.50 Å². The second-order valence-electron chi connectivity index (χ2n) is 5.52. The smallest absolute Gasteiger partial charge is 0.334 e. The fourth-order valence-corrected chi connectivity index (χ4v) is 2.79. The molecule has 0 bridgehead atoms. The Bertz CT molecular complexity index is 1260. The van der Waals surface area contributed by atoms with Gasteiger partial charge >= 0.3 is 5.69 Å². The van der Waals surface area contributed by atoms with Crippen LogP contribution in [0, 0.1) is 0 Å². The average molecular weight is 333 g/mol. The van der Waals surface area contributed by atoms with Crippen molar-refractivity contribution in [1.29, 1.82) is 0 Å². The van der Waals surface area contributed by atoms with Crippen LogP contribution in [0.1, 0.15) is 5.82 Å². The van der Waals surface area contributed by atoms with Gasteiger partial charge in [0.2, 0.25) is 0 Å². The van der Waals surface area contributed by atoms with Gasteiger partial charge in [0.25, 0.3) is 5.89 Å². The molecule has 0 radical (unpaired) electrons. The van der Waals surface area contributed by atoms with Crippen LogP contribution in [0.2, 0.25) is 0 Å². The lowest BCUT2D eigenvalue weighted by atomic mass is 10.1. The van der Waals surface area contributed by atoms with Crippen LogP contribution in [-0.2, 0) is 6.54 Å². The van der Waals surface area contributed by atoms with Gasteiger partial charge in [0, 0.05) is 11.6 Å². The highest BCUT2D eigenvalue weighted by molar-refractivity contribution is 5.91. The number of hydrogen-bond acceptors (Lipinski definition) is 6. The van der Waals surface area contributed by atoms with Crippen molar-refractivity contribution >= 4 is 16.6 Å². The Morgan fingerprint density at radius 2 is 2.12 bits per heavy atom. The first-order valence-corrected chi connectivity index (χ1v) is 7.59. The van der Waals surface area contributed by atoms with Gasteiger partial charge < -0.3 is 4.52 Å². The maximum Gasteiger partial charge on any atom is 0.350 e. The fraction of sp³-hybridized carbons (Fsp3) is 0.0625. The third-order valence-corrected chi connectivity index (χ3v) is 3.96. The minimum absolute atomic E-state index is 0.130. The number of pyridine rings is 1. The van der Waals surface area contributed by atoms with E-state index in [1.807, 2.05) is 24.3 Å². The van der Waals surface area contributed by atoms with Crippen LogP contribution in [0.15, 0.2) is 58.1 Å². The van der Waals surface area contributed by atoms with Crippen LogP contribution in [0.4, 0.5) is 0 Å². The largest absolute Gasteiger partial charge is 0.350 e. The SMILES string of the molecule is O=c1n(Cc2noc(-c3cccc4[nH]ncc34)n2)nc2ccccn12. The molecule has 4 heterocycles. The Morgan fingerprint density at radius 3 is 3.04 bits per heavy atom. The summed E-state index contributed by atoms with van der Waals surface area (Å²) in [6, 6.07) is 11.0. The van der Waals surface area contributed by atoms with Gasteiger partial charge in [0.15, 0.2) is 11.5 Å². The van der Waals surface area contributed by atoms with Gasteiger partial charge in [-0.2, -0.15) is 10.1 Å². The van der Waals surface area contributed by atoms with E-state index >= 15 is 0 Å². The van der Waals surface area contributed by atoms with E-state index in [0.717, 1.165) is 16.5 Å². The molecule has 0 atom stereocenters. The molecule has 0 aliphatic carbocycles. The second-order valence-corrected chi connectivity index (χ2v) is 5.52. The van der Waals surface area contributed by atoms with Crippen LogP contribution in [0.3, 0.4) is 0 Å². The van der Waals surface area contributed by atoms with Gasteiger partial charge in [-0.15, -0.1) is 5.10 Å². The topological polar surface area (TPSA) is 107 Å². The fourth-order valence-electron chi connectivity index (χ4n) is 2.79. The van der Waals surface area contributed by atoms with E-state index in [0.29, 0.717) is 17.4 Å². The standard InChI is InChI=1S/C16H11N7O2/c24-16-22-7-2-1-6-14(22)20-23(16)9-13-18-15(25-21-13)10-4-3-5-12-11(10)8-17-19-12/h1-8H,9H2,(H,17,19). The summed E-state index contributed by atoms with van der Waals surface area (Å²) in [5, 5.41) is 16.0. The van der Waals surface area contributed by atoms with E-state index in [4.69, 9.17) is 4.52 Å². The molecule has 0 amide bonds. The number of aromatic amines is 1. The summed E-state index contributed by atoms with van der Waals surface area (Å²) in [6.45, 7) is 0.130. The van der Waals surface area contributed by atoms with E-state index in [-0.39, 0.29) is 12.2 Å². The molecule has 0 saturated heterocycles. The molecule has 9 heteroatoms. The van der Waals surface area contributed by atoms with E-state index < -0.39 is 0 Å². The van der Waals surface area contributed by atoms with Gasteiger partial charge in [0.05, 0.1) is 17.3 Å². The summed E-state index contributed by atoms with van der Waals surface area (Å²) in [7, 11) is 0. The number of rotatable bonds is 3. The Morgan fingerprint density at radius 1 is 1.16 bits per heavy atom. The number of benzene rings is 1. The molecule has 0 aliphatic heterocycles. The van der Waals surface area contributed by atoms with Gasteiger partial charge in [-0.05, 0) is 24.3 Å². The van der Waals surface area contributed by atoms with Crippen molar-refractivity contribution in [3.8, 4) is 11.5 Å². The highest BCUT2D eigenvalue weighted by Gasteiger charge is 2.15. The number of nitrogens with one attached hydrogen (secondary N) is 1. The van der Waals surface area contributed by atoms with Gasteiger partial charge in [0.1, 0.15) is 6.54 Å². The summed E-state index contributed by atoms with van der Waals surface area (Å²) in [5.74, 6) is 0.750. The number of hydrogen-bond donors (Lipinski definition) is 1. The lowest BCUT2D eigenvalue weighted by Gasteiger charge is -1.95. The van der Waals surface area contributed by atoms with E-state index in [1.54, 1.807) is 24.5 Å². The van der Waals surface area contributed by atoms with Crippen LogP contribution >= 0.6 is 0 Å². The molecule has 0 saturated carbocycles. The average Bonchev–Trinajstić information content (AvgIpc) is 3.35. The van der Waals surface area contributed by atoms with Crippen molar-refractivity contribution in [1.82, 2.24) is 34.5 Å². The quantitative estimate of drug-likeness (QED) is 0.536. The molecular weight excluding hydrogens is 322 g/mol. The van der Waals surface area contributed by atoms with Crippen molar-refractivity contribution in [2.45, 2.75) is 6.54 Å². The minimum atomic E-state index is -0.251. The van der Waals surface area contributed by atoms with Crippen LogP contribution in [0.25, 0.3) is 28.0 Å². The summed E-state index contributed by atoms with van der Waals surface area (Å²) >= 11 is 0. The summed E-state index contributed by atoms with van der Waals surface area (Å²) in [5.41, 5.74) is 1.99. The zero-order valence-corrected chi connectivity index (χ0v) is 12.8. The Hall–Kier alpha value is -3.75. The first-order chi connectivity index (χ1) is 12.3. The number of H-pyrrole nitrogens is 1. The predicted molar refractivity (Wildman–Crippen MR) is 87.9 cm³/mol. The summed E-state index contributed by atoms with van der Waals surface area (Å²) in [4.78, 5) is 16.7. The lowest BCUT2D eigenvalue weighted by molar-refractivity contribution is 0.418. The molecule has 122 valence electrons. The normalized spacial score (nSPS) is 11.5. The predicted octanol–water partition coefficient (Wildman–Crippen LogP) is 1.47. The number of fused-ring (bicyclic) bond motifs is 2. The summed E-state index contributed by atoms with van der Waals surface area (Å²) in [6.07, 6.45) is 3.38. The van der Waals surface area contributed by atoms with Crippen molar-refractivity contribution in [2.24, 2.45) is 0 Å². The Labute approximate surface area is 139 Å². The van der Waals surface area contributed by atoms with E-state index in [1.165, 1.54) is 9.08 Å².